The quantitative estimate of drug-likeness (QED) is 0.787. The molecule has 0 bridgehead atoms. The fraction of sp³-hybridized carbons (Fsp3) is 0.333. The van der Waals surface area contributed by atoms with Crippen molar-refractivity contribution < 1.29 is 17.9 Å². The Balaban J connectivity index is 2.68. The second-order valence-corrected chi connectivity index (χ2v) is 5.42. The topological polar surface area (TPSA) is 96.3 Å². The lowest BCUT2D eigenvalue weighted by atomic mass is 10.1. The van der Waals surface area contributed by atoms with Crippen molar-refractivity contribution in [1.29, 1.82) is 5.26 Å². The number of nitrogens with zero attached hydrogens (tertiary/aromatic N) is 1. The van der Waals surface area contributed by atoms with Gasteiger partial charge in [0.05, 0.1) is 19.1 Å². The molecule has 0 aliphatic heterocycles. The smallest absolute Gasteiger partial charge is 0.323 e. The van der Waals surface area contributed by atoms with E-state index >= 15 is 0 Å². The number of nitriles is 1. The summed E-state index contributed by atoms with van der Waals surface area (Å²) >= 11 is 0. The maximum Gasteiger partial charge on any atom is 0.323 e. The first kappa shape index (κ1) is 15.0. The van der Waals surface area contributed by atoms with Gasteiger partial charge in [0.15, 0.2) is 5.75 Å². The number of sulfonamides is 1. The highest BCUT2D eigenvalue weighted by atomic mass is 32.2. The maximum atomic E-state index is 11.6. The highest BCUT2D eigenvalue weighted by Crippen LogP contribution is 2.11. The zero-order valence-corrected chi connectivity index (χ0v) is 11.2. The minimum atomic E-state index is -3.77. The van der Waals surface area contributed by atoms with Crippen LogP contribution in [0.4, 0.5) is 5.69 Å². The van der Waals surface area contributed by atoms with Gasteiger partial charge in [0.2, 0.25) is 10.0 Å². The average Bonchev–Trinajstić information content (AvgIpc) is 2.31. The molecule has 0 aliphatic rings. The van der Waals surface area contributed by atoms with Gasteiger partial charge in [0.25, 0.3) is 0 Å². The Hall–Kier alpha value is -2.07. The van der Waals surface area contributed by atoms with Crippen molar-refractivity contribution in [2.75, 3.05) is 17.1 Å². The lowest BCUT2D eigenvalue weighted by molar-refractivity contribution is -0.139. The second kappa shape index (κ2) is 6.75. The third-order valence-electron chi connectivity index (χ3n) is 2.12. The van der Waals surface area contributed by atoms with Crippen molar-refractivity contribution in [1.82, 2.24) is 0 Å². The Morgan fingerprint density at radius 1 is 1.37 bits per heavy atom. The largest absolute Gasteiger partial charge is 0.465 e. The molecule has 0 fully saturated rings. The number of hydrogen-bond donors (Lipinski definition) is 1. The minimum absolute atomic E-state index is 0.136. The molecular formula is C12H14N2O4S. The van der Waals surface area contributed by atoms with Gasteiger partial charge in [-0.3, -0.25) is 9.52 Å². The van der Waals surface area contributed by atoms with Crippen molar-refractivity contribution in [3.63, 3.8) is 0 Å². The third-order valence-corrected chi connectivity index (χ3v) is 3.29. The highest BCUT2D eigenvalue weighted by Gasteiger charge is 2.17. The van der Waals surface area contributed by atoms with Crippen LogP contribution >= 0.6 is 0 Å². The number of ether oxygens (including phenoxy) is 1. The van der Waals surface area contributed by atoms with Crippen molar-refractivity contribution >= 4 is 21.7 Å². The van der Waals surface area contributed by atoms with E-state index in [-0.39, 0.29) is 13.0 Å². The molecule has 102 valence electrons. The van der Waals surface area contributed by atoms with Crippen LogP contribution in [0.1, 0.15) is 12.5 Å². The summed E-state index contributed by atoms with van der Waals surface area (Å²) in [5, 5.41) is 8.51. The van der Waals surface area contributed by atoms with E-state index in [1.165, 1.54) is 12.1 Å². The van der Waals surface area contributed by atoms with Gasteiger partial charge < -0.3 is 4.74 Å². The van der Waals surface area contributed by atoms with E-state index in [1.54, 1.807) is 19.1 Å². The standard InChI is InChI=1S/C12H14N2O4S/c1-2-18-12(15)9-19(16,17)14-11-5-3-10(4-6-11)7-8-13/h3-6,14H,2,7,9H2,1H3. The normalized spacial score (nSPS) is 10.5. The van der Waals surface area contributed by atoms with Crippen LogP contribution < -0.4 is 4.72 Å². The molecule has 0 aliphatic carbocycles. The number of carbonyl (C=O) groups excluding carboxylic acids is 1. The molecule has 0 saturated heterocycles. The van der Waals surface area contributed by atoms with E-state index < -0.39 is 21.7 Å². The summed E-state index contributed by atoms with van der Waals surface area (Å²) in [6.07, 6.45) is 0.260. The number of benzene rings is 1. The van der Waals surface area contributed by atoms with E-state index in [0.717, 1.165) is 5.56 Å². The molecule has 1 aromatic rings. The SMILES string of the molecule is CCOC(=O)CS(=O)(=O)Nc1ccc(CC#N)cc1. The average molecular weight is 282 g/mol. The third kappa shape index (κ3) is 5.40. The van der Waals surface area contributed by atoms with Crippen LogP contribution in [-0.4, -0.2) is 26.7 Å². The lowest BCUT2D eigenvalue weighted by Crippen LogP contribution is -2.24. The first-order valence-electron chi connectivity index (χ1n) is 5.59. The molecule has 0 radical (unpaired) electrons. The molecular weight excluding hydrogens is 268 g/mol. The summed E-state index contributed by atoms with van der Waals surface area (Å²) in [6, 6.07) is 8.35. The summed E-state index contributed by atoms with van der Waals surface area (Å²) in [6.45, 7) is 1.74. The molecule has 0 unspecified atom stereocenters. The van der Waals surface area contributed by atoms with E-state index in [1.807, 2.05) is 6.07 Å². The maximum absolute atomic E-state index is 11.6. The number of anilines is 1. The molecule has 1 aromatic carbocycles. The number of carbonyl (C=O) groups is 1. The van der Waals surface area contributed by atoms with Gasteiger partial charge in [-0.05, 0) is 24.6 Å². The molecule has 0 heterocycles. The minimum Gasteiger partial charge on any atom is -0.465 e. The number of nitrogens with one attached hydrogen (secondary N) is 1. The summed E-state index contributed by atoms with van der Waals surface area (Å²) in [5.74, 6) is -1.52. The molecule has 0 spiro atoms. The molecule has 0 atom stereocenters. The van der Waals surface area contributed by atoms with Crippen LogP contribution in [0.25, 0.3) is 0 Å². The van der Waals surface area contributed by atoms with E-state index in [0.29, 0.717) is 5.69 Å². The van der Waals surface area contributed by atoms with Crippen LogP contribution in [0, 0.1) is 11.3 Å². The van der Waals surface area contributed by atoms with Crippen LogP contribution in [0.3, 0.4) is 0 Å². The Kier molecular flexibility index (Phi) is 5.33. The Morgan fingerprint density at radius 2 is 2.00 bits per heavy atom. The molecule has 7 heteroatoms. The molecule has 1 rings (SSSR count). The molecule has 19 heavy (non-hydrogen) atoms. The summed E-state index contributed by atoms with van der Waals surface area (Å²) < 4.78 is 30.1. The summed E-state index contributed by atoms with van der Waals surface area (Å²) in [7, 11) is -3.77. The fourth-order valence-electron chi connectivity index (χ4n) is 1.36. The van der Waals surface area contributed by atoms with Crippen molar-refractivity contribution in [2.24, 2.45) is 0 Å². The lowest BCUT2D eigenvalue weighted by Gasteiger charge is -2.07. The van der Waals surface area contributed by atoms with Crippen molar-refractivity contribution in [3.05, 3.63) is 29.8 Å². The molecule has 6 nitrogen and oxygen atoms in total. The molecule has 0 aromatic heterocycles. The van der Waals surface area contributed by atoms with Gasteiger partial charge in [-0.25, -0.2) is 8.42 Å². The molecule has 1 N–H and O–H groups in total. The van der Waals surface area contributed by atoms with Crippen LogP contribution in [0.15, 0.2) is 24.3 Å². The number of hydrogen-bond acceptors (Lipinski definition) is 5. The Bertz CT molecular complexity index is 573. The molecule has 0 amide bonds. The summed E-state index contributed by atoms with van der Waals surface area (Å²) in [5.41, 5.74) is 1.13. The predicted octanol–water partition coefficient (Wildman–Crippen LogP) is 1.06. The number of esters is 1. The van der Waals surface area contributed by atoms with Crippen molar-refractivity contribution in [3.8, 4) is 6.07 Å². The summed E-state index contributed by atoms with van der Waals surface area (Å²) in [4.78, 5) is 11.1. The highest BCUT2D eigenvalue weighted by molar-refractivity contribution is 7.93. The van der Waals surface area contributed by atoms with E-state index in [2.05, 4.69) is 9.46 Å². The van der Waals surface area contributed by atoms with Gasteiger partial charge in [0, 0.05) is 5.69 Å². The molecule has 0 saturated carbocycles. The van der Waals surface area contributed by atoms with Gasteiger partial charge in [0.1, 0.15) is 0 Å². The van der Waals surface area contributed by atoms with Gasteiger partial charge in [-0.15, -0.1) is 0 Å². The van der Waals surface area contributed by atoms with Crippen LogP contribution in [0.5, 0.6) is 0 Å². The zero-order valence-electron chi connectivity index (χ0n) is 10.4. The first-order valence-corrected chi connectivity index (χ1v) is 7.24. The predicted molar refractivity (Wildman–Crippen MR) is 69.8 cm³/mol. The van der Waals surface area contributed by atoms with Crippen LogP contribution in [-0.2, 0) is 26.0 Å². The van der Waals surface area contributed by atoms with Crippen LogP contribution in [0.2, 0.25) is 0 Å². The first-order chi connectivity index (χ1) is 8.96. The number of rotatable bonds is 6. The van der Waals surface area contributed by atoms with Gasteiger partial charge >= 0.3 is 5.97 Å². The Morgan fingerprint density at radius 3 is 2.53 bits per heavy atom. The monoisotopic (exact) mass is 282 g/mol. The van der Waals surface area contributed by atoms with Gasteiger partial charge in [-0.2, -0.15) is 5.26 Å². The Labute approximate surface area is 112 Å². The van der Waals surface area contributed by atoms with E-state index in [9.17, 15) is 13.2 Å². The van der Waals surface area contributed by atoms with Crippen molar-refractivity contribution in [2.45, 2.75) is 13.3 Å². The van der Waals surface area contributed by atoms with E-state index in [4.69, 9.17) is 5.26 Å². The van der Waals surface area contributed by atoms with Gasteiger partial charge in [-0.1, -0.05) is 12.1 Å². The zero-order chi connectivity index (χ0) is 14.3. The second-order valence-electron chi connectivity index (χ2n) is 3.70. The fourth-order valence-corrected chi connectivity index (χ4v) is 2.32.